The van der Waals surface area contributed by atoms with Gasteiger partial charge in [-0.15, -0.1) is 0 Å². The number of hydrogen-bond acceptors (Lipinski definition) is 4. The van der Waals surface area contributed by atoms with E-state index in [2.05, 4.69) is 5.32 Å². The molecule has 0 bridgehead atoms. The Hall–Kier alpha value is -0.160. The maximum atomic E-state index is 8.58. The molecule has 0 aliphatic heterocycles. The van der Waals surface area contributed by atoms with Crippen molar-refractivity contribution in [1.82, 2.24) is 5.32 Å². The lowest BCUT2D eigenvalue weighted by atomic mass is 10.1. The maximum Gasteiger partial charge on any atom is 0.0615 e. The van der Waals surface area contributed by atoms with E-state index in [1.807, 2.05) is 0 Å². The van der Waals surface area contributed by atoms with Crippen molar-refractivity contribution in [2.45, 2.75) is 18.9 Å². The van der Waals surface area contributed by atoms with Crippen LogP contribution in [0.2, 0.25) is 0 Å². The van der Waals surface area contributed by atoms with Crippen LogP contribution in [-0.2, 0) is 4.74 Å². The van der Waals surface area contributed by atoms with E-state index in [4.69, 9.17) is 15.6 Å². The summed E-state index contributed by atoms with van der Waals surface area (Å²) in [6, 6.07) is 0.325. The molecule has 4 nitrogen and oxygen atoms in total. The summed E-state index contributed by atoms with van der Waals surface area (Å²) in [7, 11) is 1.68. The van der Waals surface area contributed by atoms with E-state index in [9.17, 15) is 0 Å². The molecule has 74 valence electrons. The van der Waals surface area contributed by atoms with Gasteiger partial charge in [0.1, 0.15) is 0 Å². The van der Waals surface area contributed by atoms with Crippen LogP contribution in [0.1, 0.15) is 12.8 Å². The minimum Gasteiger partial charge on any atom is -0.395 e. The average Bonchev–Trinajstić information content (AvgIpc) is 2.10. The van der Waals surface area contributed by atoms with Crippen LogP contribution in [0.3, 0.4) is 0 Å². The summed E-state index contributed by atoms with van der Waals surface area (Å²) in [6.45, 7) is 2.18. The van der Waals surface area contributed by atoms with Gasteiger partial charge in [-0.2, -0.15) is 0 Å². The highest BCUT2D eigenvalue weighted by molar-refractivity contribution is 4.65. The smallest absolute Gasteiger partial charge is 0.0615 e. The van der Waals surface area contributed by atoms with Gasteiger partial charge in [-0.3, -0.25) is 0 Å². The summed E-state index contributed by atoms with van der Waals surface area (Å²) in [4.78, 5) is 0. The molecule has 0 radical (unpaired) electrons. The van der Waals surface area contributed by atoms with Gasteiger partial charge in [0.25, 0.3) is 0 Å². The molecule has 0 rings (SSSR count). The number of nitrogens with two attached hydrogens (primary N) is 1. The van der Waals surface area contributed by atoms with Gasteiger partial charge < -0.3 is 20.9 Å². The molecule has 1 atom stereocenters. The van der Waals surface area contributed by atoms with Crippen LogP contribution in [-0.4, -0.2) is 44.6 Å². The number of ether oxygens (including phenoxy) is 1. The zero-order valence-corrected chi connectivity index (χ0v) is 7.75. The third kappa shape index (κ3) is 6.54. The summed E-state index contributed by atoms with van der Waals surface area (Å²) < 4.78 is 5.01. The Morgan fingerprint density at radius 3 is 2.83 bits per heavy atom. The molecule has 0 saturated carbocycles. The molecule has 12 heavy (non-hydrogen) atoms. The number of rotatable bonds is 8. The van der Waals surface area contributed by atoms with Gasteiger partial charge in [0.2, 0.25) is 0 Å². The Kier molecular flexibility index (Phi) is 8.81. The predicted molar refractivity (Wildman–Crippen MR) is 49.0 cm³/mol. The topological polar surface area (TPSA) is 67.5 Å². The van der Waals surface area contributed by atoms with Gasteiger partial charge in [-0.05, 0) is 19.4 Å². The Bertz CT molecular complexity index is 83.1. The molecule has 4 heteroatoms. The maximum absolute atomic E-state index is 8.58. The summed E-state index contributed by atoms with van der Waals surface area (Å²) in [5.74, 6) is 0. The fourth-order valence-corrected chi connectivity index (χ4v) is 1.08. The molecular formula is C8H20N2O2. The van der Waals surface area contributed by atoms with Gasteiger partial charge in [0.15, 0.2) is 0 Å². The predicted octanol–water partition coefficient (Wildman–Crippen LogP) is -0.678. The molecule has 4 N–H and O–H groups in total. The zero-order chi connectivity index (χ0) is 9.23. The first kappa shape index (κ1) is 11.8. The standard InChI is InChI=1S/C8H20N2O2/c1-12-7-8(3-2-4-9)10-5-6-11/h8,10-11H,2-7,9H2,1H3. The normalized spacial score (nSPS) is 13.2. The molecule has 0 saturated heterocycles. The van der Waals surface area contributed by atoms with E-state index < -0.39 is 0 Å². The molecule has 0 aliphatic carbocycles. The van der Waals surface area contributed by atoms with Crippen molar-refractivity contribution in [2.75, 3.05) is 33.4 Å². The van der Waals surface area contributed by atoms with Crippen molar-refractivity contribution < 1.29 is 9.84 Å². The van der Waals surface area contributed by atoms with Crippen LogP contribution in [0.4, 0.5) is 0 Å². The van der Waals surface area contributed by atoms with Crippen LogP contribution < -0.4 is 11.1 Å². The first-order valence-electron chi connectivity index (χ1n) is 4.38. The third-order valence-electron chi connectivity index (χ3n) is 1.67. The van der Waals surface area contributed by atoms with Crippen molar-refractivity contribution >= 4 is 0 Å². The number of hydrogen-bond donors (Lipinski definition) is 3. The van der Waals surface area contributed by atoms with Gasteiger partial charge in [-0.1, -0.05) is 0 Å². The van der Waals surface area contributed by atoms with E-state index >= 15 is 0 Å². The SMILES string of the molecule is COCC(CCCN)NCCO. The first-order chi connectivity index (χ1) is 5.85. The molecule has 0 heterocycles. The molecular weight excluding hydrogens is 156 g/mol. The van der Waals surface area contributed by atoms with Gasteiger partial charge in [-0.25, -0.2) is 0 Å². The molecule has 0 aromatic rings. The summed E-state index contributed by atoms with van der Waals surface area (Å²) in [5.41, 5.74) is 5.38. The minimum absolute atomic E-state index is 0.169. The molecule has 0 aromatic carbocycles. The van der Waals surface area contributed by atoms with Crippen molar-refractivity contribution in [3.8, 4) is 0 Å². The van der Waals surface area contributed by atoms with Crippen molar-refractivity contribution in [3.05, 3.63) is 0 Å². The fraction of sp³-hybridized carbons (Fsp3) is 1.00. The quantitative estimate of drug-likeness (QED) is 0.458. The number of methoxy groups -OCH3 is 1. The highest BCUT2D eigenvalue weighted by atomic mass is 16.5. The van der Waals surface area contributed by atoms with Crippen LogP contribution in [0, 0.1) is 0 Å². The Morgan fingerprint density at radius 2 is 2.33 bits per heavy atom. The molecule has 0 amide bonds. The number of aliphatic hydroxyl groups excluding tert-OH is 1. The van der Waals surface area contributed by atoms with Crippen molar-refractivity contribution in [1.29, 1.82) is 0 Å². The average molecular weight is 176 g/mol. The van der Waals surface area contributed by atoms with Gasteiger partial charge in [0, 0.05) is 19.7 Å². The summed E-state index contributed by atoms with van der Waals surface area (Å²) in [5, 5.41) is 11.8. The fourth-order valence-electron chi connectivity index (χ4n) is 1.08. The number of nitrogens with one attached hydrogen (secondary N) is 1. The Labute approximate surface area is 74.1 Å². The summed E-state index contributed by atoms with van der Waals surface area (Å²) >= 11 is 0. The summed E-state index contributed by atoms with van der Waals surface area (Å²) in [6.07, 6.45) is 2.00. The zero-order valence-electron chi connectivity index (χ0n) is 7.75. The lowest BCUT2D eigenvalue weighted by Gasteiger charge is -2.16. The van der Waals surface area contributed by atoms with Crippen molar-refractivity contribution in [2.24, 2.45) is 5.73 Å². The van der Waals surface area contributed by atoms with Crippen LogP contribution in [0.25, 0.3) is 0 Å². The first-order valence-corrected chi connectivity index (χ1v) is 4.38. The Morgan fingerprint density at radius 1 is 1.58 bits per heavy atom. The Balaban J connectivity index is 3.40. The molecule has 0 fully saturated rings. The molecule has 0 spiro atoms. The number of aliphatic hydroxyl groups is 1. The molecule has 1 unspecified atom stereocenters. The van der Waals surface area contributed by atoms with E-state index in [0.29, 0.717) is 25.7 Å². The second-order valence-corrected chi connectivity index (χ2v) is 2.76. The second kappa shape index (κ2) is 8.93. The third-order valence-corrected chi connectivity index (χ3v) is 1.67. The van der Waals surface area contributed by atoms with Crippen LogP contribution in [0.5, 0.6) is 0 Å². The van der Waals surface area contributed by atoms with Gasteiger partial charge in [0.05, 0.1) is 13.2 Å². The van der Waals surface area contributed by atoms with E-state index in [0.717, 1.165) is 12.8 Å². The van der Waals surface area contributed by atoms with E-state index in [-0.39, 0.29) is 6.61 Å². The van der Waals surface area contributed by atoms with Crippen LogP contribution >= 0.6 is 0 Å². The minimum atomic E-state index is 0.169. The highest BCUT2D eigenvalue weighted by Crippen LogP contribution is 1.95. The lowest BCUT2D eigenvalue weighted by molar-refractivity contribution is 0.157. The van der Waals surface area contributed by atoms with Crippen LogP contribution in [0.15, 0.2) is 0 Å². The van der Waals surface area contributed by atoms with E-state index in [1.165, 1.54) is 0 Å². The highest BCUT2D eigenvalue weighted by Gasteiger charge is 2.05. The monoisotopic (exact) mass is 176 g/mol. The molecule has 0 aromatic heterocycles. The second-order valence-electron chi connectivity index (χ2n) is 2.76. The largest absolute Gasteiger partial charge is 0.395 e. The lowest BCUT2D eigenvalue weighted by Crippen LogP contribution is -2.35. The van der Waals surface area contributed by atoms with Crippen molar-refractivity contribution in [3.63, 3.8) is 0 Å². The van der Waals surface area contributed by atoms with Gasteiger partial charge >= 0.3 is 0 Å². The molecule has 0 aliphatic rings. The van der Waals surface area contributed by atoms with E-state index in [1.54, 1.807) is 7.11 Å².